The van der Waals surface area contributed by atoms with Crippen LogP contribution in [0.15, 0.2) is 36.8 Å². The predicted octanol–water partition coefficient (Wildman–Crippen LogP) is 2.28. The summed E-state index contributed by atoms with van der Waals surface area (Å²) in [5, 5.41) is 11.3. The first-order valence-electron chi connectivity index (χ1n) is 11.2. The zero-order valence-corrected chi connectivity index (χ0v) is 19.8. The fourth-order valence-corrected chi connectivity index (χ4v) is 4.25. The van der Waals surface area contributed by atoms with E-state index >= 15 is 0 Å². The molecule has 0 spiro atoms. The number of benzene rings is 1. The Bertz CT molecular complexity index is 836. The van der Waals surface area contributed by atoms with E-state index < -0.39 is 5.60 Å². The average molecular weight is 444 g/mol. The lowest BCUT2D eigenvalue weighted by atomic mass is 9.92. The number of aliphatic hydroxyl groups is 1. The van der Waals surface area contributed by atoms with Crippen LogP contribution in [-0.4, -0.2) is 91.5 Å². The molecule has 32 heavy (non-hydrogen) atoms. The normalized spacial score (nSPS) is 18.9. The third-order valence-corrected chi connectivity index (χ3v) is 5.68. The molecule has 8 heteroatoms. The lowest BCUT2D eigenvalue weighted by Crippen LogP contribution is -2.54. The molecule has 2 heterocycles. The van der Waals surface area contributed by atoms with Gasteiger partial charge in [0.2, 0.25) is 0 Å². The summed E-state index contributed by atoms with van der Waals surface area (Å²) >= 11 is 0. The van der Waals surface area contributed by atoms with Crippen molar-refractivity contribution in [3.63, 3.8) is 0 Å². The fourth-order valence-electron chi connectivity index (χ4n) is 4.25. The standard InChI is InChI=1S/C24H37N5O3/c1-27(2)12-6-14-32-21-8-7-20(15-22(21)31-4)17-28(3)18-24(30)9-5-13-29(19-24)23-16-25-10-11-26-23/h7-8,10-11,15-16,30H,5-6,9,12-14,17-19H2,1-4H3. The van der Waals surface area contributed by atoms with Crippen molar-refractivity contribution in [2.45, 2.75) is 31.4 Å². The Morgan fingerprint density at radius 2 is 2.03 bits per heavy atom. The molecular formula is C24H37N5O3. The van der Waals surface area contributed by atoms with Crippen LogP contribution in [0.4, 0.5) is 5.82 Å². The SMILES string of the molecule is COc1cc(CN(C)CC2(O)CCCN(c3cnccn3)C2)ccc1OCCCN(C)C. The first-order valence-corrected chi connectivity index (χ1v) is 11.2. The number of rotatable bonds is 11. The molecule has 0 bridgehead atoms. The number of methoxy groups -OCH3 is 1. The van der Waals surface area contributed by atoms with Crippen LogP contribution in [0.1, 0.15) is 24.8 Å². The minimum Gasteiger partial charge on any atom is -0.493 e. The summed E-state index contributed by atoms with van der Waals surface area (Å²) < 4.78 is 11.5. The summed E-state index contributed by atoms with van der Waals surface area (Å²) in [6.45, 7) is 4.38. The fraction of sp³-hybridized carbons (Fsp3) is 0.583. The van der Waals surface area contributed by atoms with Gasteiger partial charge in [0.25, 0.3) is 0 Å². The van der Waals surface area contributed by atoms with Gasteiger partial charge in [0.1, 0.15) is 5.82 Å². The minimum absolute atomic E-state index is 0.555. The molecule has 1 saturated heterocycles. The zero-order valence-electron chi connectivity index (χ0n) is 19.8. The van der Waals surface area contributed by atoms with Crippen molar-refractivity contribution in [2.75, 3.05) is 65.9 Å². The lowest BCUT2D eigenvalue weighted by Gasteiger charge is -2.41. The van der Waals surface area contributed by atoms with E-state index in [2.05, 4.69) is 44.8 Å². The van der Waals surface area contributed by atoms with Crippen LogP contribution in [0.5, 0.6) is 11.5 Å². The van der Waals surface area contributed by atoms with Crippen LogP contribution in [0.3, 0.4) is 0 Å². The number of hydrogen-bond donors (Lipinski definition) is 1. The lowest BCUT2D eigenvalue weighted by molar-refractivity contribution is -0.00350. The second-order valence-corrected chi connectivity index (χ2v) is 8.98. The molecule has 0 aliphatic carbocycles. The number of anilines is 1. The van der Waals surface area contributed by atoms with E-state index in [4.69, 9.17) is 9.47 Å². The zero-order chi connectivity index (χ0) is 23.0. The van der Waals surface area contributed by atoms with Crippen LogP contribution in [0.2, 0.25) is 0 Å². The Labute approximate surface area is 191 Å². The maximum atomic E-state index is 11.3. The molecule has 0 radical (unpaired) electrons. The molecule has 1 unspecified atom stereocenters. The highest BCUT2D eigenvalue weighted by Crippen LogP contribution is 2.30. The largest absolute Gasteiger partial charge is 0.493 e. The third kappa shape index (κ3) is 7.05. The molecule has 1 aliphatic rings. The van der Waals surface area contributed by atoms with E-state index in [1.165, 1.54) is 0 Å². The second kappa shape index (κ2) is 11.4. The van der Waals surface area contributed by atoms with Crippen molar-refractivity contribution in [3.05, 3.63) is 42.4 Å². The summed E-state index contributed by atoms with van der Waals surface area (Å²) in [5.74, 6) is 2.33. The van der Waals surface area contributed by atoms with Crippen molar-refractivity contribution in [3.8, 4) is 11.5 Å². The molecule has 0 saturated carbocycles. The molecule has 3 rings (SSSR count). The van der Waals surface area contributed by atoms with E-state index in [0.29, 0.717) is 26.2 Å². The van der Waals surface area contributed by atoms with Gasteiger partial charge in [0.15, 0.2) is 11.5 Å². The summed E-state index contributed by atoms with van der Waals surface area (Å²) in [5.41, 5.74) is 0.333. The number of aromatic nitrogens is 2. The summed E-state index contributed by atoms with van der Waals surface area (Å²) in [4.78, 5) is 15.0. The molecule has 8 nitrogen and oxygen atoms in total. The van der Waals surface area contributed by atoms with Crippen molar-refractivity contribution in [1.82, 2.24) is 19.8 Å². The Kier molecular flexibility index (Phi) is 8.67. The van der Waals surface area contributed by atoms with Gasteiger partial charge in [0.05, 0.1) is 25.5 Å². The van der Waals surface area contributed by atoms with Crippen LogP contribution in [-0.2, 0) is 6.54 Å². The Hall–Kier alpha value is -2.42. The van der Waals surface area contributed by atoms with Crippen molar-refractivity contribution in [1.29, 1.82) is 0 Å². The van der Waals surface area contributed by atoms with Crippen LogP contribution in [0, 0.1) is 0 Å². The molecule has 1 aliphatic heterocycles. The monoisotopic (exact) mass is 443 g/mol. The Balaban J connectivity index is 1.56. The van der Waals surface area contributed by atoms with Gasteiger partial charge in [-0.25, -0.2) is 4.98 Å². The van der Waals surface area contributed by atoms with Crippen molar-refractivity contribution < 1.29 is 14.6 Å². The van der Waals surface area contributed by atoms with E-state index in [0.717, 1.165) is 55.2 Å². The molecule has 1 aromatic heterocycles. The molecule has 1 N–H and O–H groups in total. The van der Waals surface area contributed by atoms with E-state index in [9.17, 15) is 5.11 Å². The van der Waals surface area contributed by atoms with Gasteiger partial charge in [-0.2, -0.15) is 0 Å². The minimum atomic E-state index is -0.788. The first-order chi connectivity index (χ1) is 15.4. The Morgan fingerprint density at radius 3 is 2.75 bits per heavy atom. The second-order valence-electron chi connectivity index (χ2n) is 8.98. The number of piperidine rings is 1. The van der Waals surface area contributed by atoms with Gasteiger partial charge < -0.3 is 24.4 Å². The van der Waals surface area contributed by atoms with Gasteiger partial charge in [-0.1, -0.05) is 6.07 Å². The number of β-amino-alcohol motifs (C(OH)–C–C–N with tert-alkyl or cyclic N) is 1. The van der Waals surface area contributed by atoms with Crippen molar-refractivity contribution in [2.24, 2.45) is 0 Å². The third-order valence-electron chi connectivity index (χ3n) is 5.68. The molecule has 1 aromatic carbocycles. The van der Waals surface area contributed by atoms with Gasteiger partial charge in [-0.3, -0.25) is 9.88 Å². The molecule has 2 aromatic rings. The molecule has 1 fully saturated rings. The molecule has 1 atom stereocenters. The van der Waals surface area contributed by atoms with Gasteiger partial charge in [-0.15, -0.1) is 0 Å². The number of nitrogens with zero attached hydrogens (tertiary/aromatic N) is 5. The van der Waals surface area contributed by atoms with Crippen molar-refractivity contribution >= 4 is 5.82 Å². The van der Waals surface area contributed by atoms with E-state index in [1.807, 2.05) is 19.2 Å². The molecule has 0 amide bonds. The Morgan fingerprint density at radius 1 is 1.19 bits per heavy atom. The molecular weight excluding hydrogens is 406 g/mol. The summed E-state index contributed by atoms with van der Waals surface area (Å²) in [7, 11) is 7.82. The maximum Gasteiger partial charge on any atom is 0.161 e. The quantitative estimate of drug-likeness (QED) is 0.530. The topological polar surface area (TPSA) is 74.2 Å². The van der Waals surface area contributed by atoms with Crippen LogP contribution in [0.25, 0.3) is 0 Å². The highest BCUT2D eigenvalue weighted by molar-refractivity contribution is 5.43. The summed E-state index contributed by atoms with van der Waals surface area (Å²) in [6, 6.07) is 6.06. The predicted molar refractivity (Wildman–Crippen MR) is 126 cm³/mol. The van der Waals surface area contributed by atoms with Gasteiger partial charge in [0, 0.05) is 45.1 Å². The first kappa shape index (κ1) is 24.2. The van der Waals surface area contributed by atoms with E-state index in [-0.39, 0.29) is 0 Å². The summed E-state index contributed by atoms with van der Waals surface area (Å²) in [6.07, 6.45) is 7.78. The highest BCUT2D eigenvalue weighted by Gasteiger charge is 2.35. The highest BCUT2D eigenvalue weighted by atomic mass is 16.5. The number of likely N-dealkylation sites (N-methyl/N-ethyl adjacent to an activating group) is 1. The van der Waals surface area contributed by atoms with E-state index in [1.54, 1.807) is 25.7 Å². The number of ether oxygens (including phenoxy) is 2. The number of hydrogen-bond acceptors (Lipinski definition) is 8. The van der Waals surface area contributed by atoms with Crippen LogP contribution < -0.4 is 14.4 Å². The molecule has 176 valence electrons. The van der Waals surface area contributed by atoms with Crippen LogP contribution >= 0.6 is 0 Å². The smallest absolute Gasteiger partial charge is 0.161 e. The average Bonchev–Trinajstić information content (AvgIpc) is 2.77. The van der Waals surface area contributed by atoms with Gasteiger partial charge >= 0.3 is 0 Å². The maximum absolute atomic E-state index is 11.3. The van der Waals surface area contributed by atoms with Gasteiger partial charge in [-0.05, 0) is 58.1 Å².